The van der Waals surface area contributed by atoms with Crippen LogP contribution in [0.1, 0.15) is 35.8 Å². The number of fused-ring (bicyclic) bond motifs is 5. The van der Waals surface area contributed by atoms with Crippen LogP contribution in [0.25, 0.3) is 16.0 Å². The Balaban J connectivity index is 1.42. The van der Waals surface area contributed by atoms with E-state index in [9.17, 15) is 0 Å². The SMILES string of the molecule is CC1CCCN(c2nc3nnnn3c3sc4c(c23)CCN(Cc2ccccc2)C4)C1. The summed E-state index contributed by atoms with van der Waals surface area (Å²) in [5.74, 6) is 2.39. The summed E-state index contributed by atoms with van der Waals surface area (Å²) in [7, 11) is 0. The molecule has 1 aromatic carbocycles. The second-order valence-corrected chi connectivity index (χ2v) is 9.73. The average molecular weight is 420 g/mol. The van der Waals surface area contributed by atoms with Crippen molar-refractivity contribution in [2.24, 2.45) is 5.92 Å². The number of benzene rings is 1. The van der Waals surface area contributed by atoms with E-state index in [4.69, 9.17) is 4.98 Å². The summed E-state index contributed by atoms with van der Waals surface area (Å²) < 4.78 is 1.83. The van der Waals surface area contributed by atoms with Crippen molar-refractivity contribution < 1.29 is 0 Å². The molecule has 2 aliphatic rings. The van der Waals surface area contributed by atoms with Gasteiger partial charge in [0.15, 0.2) is 0 Å². The first-order valence-electron chi connectivity index (χ1n) is 10.8. The van der Waals surface area contributed by atoms with Crippen molar-refractivity contribution in [2.75, 3.05) is 24.5 Å². The second-order valence-electron chi connectivity index (χ2n) is 8.65. The summed E-state index contributed by atoms with van der Waals surface area (Å²) in [6.07, 6.45) is 3.57. The fourth-order valence-electron chi connectivity index (χ4n) is 4.94. The summed E-state index contributed by atoms with van der Waals surface area (Å²) in [5.41, 5.74) is 2.83. The third-order valence-corrected chi connectivity index (χ3v) is 7.59. The Hall–Kier alpha value is -2.58. The molecule has 6 rings (SSSR count). The smallest absolute Gasteiger partial charge is 0.276 e. The van der Waals surface area contributed by atoms with Gasteiger partial charge in [-0.05, 0) is 46.7 Å². The largest absolute Gasteiger partial charge is 0.356 e. The van der Waals surface area contributed by atoms with Gasteiger partial charge in [0.05, 0.1) is 5.39 Å². The highest BCUT2D eigenvalue weighted by atomic mass is 32.1. The standard InChI is InChI=1S/C22H25N7S/c1-15-6-5-10-28(12-15)20-19-17-9-11-27(13-16-7-3-2-4-8-16)14-18(17)30-21(19)29-22(23-20)24-25-26-29/h2-4,7-8,15H,5-6,9-14H2,1H3. The molecule has 1 fully saturated rings. The quantitative estimate of drug-likeness (QED) is 0.506. The van der Waals surface area contributed by atoms with Crippen molar-refractivity contribution in [2.45, 2.75) is 39.3 Å². The molecule has 0 saturated carbocycles. The Labute approximate surface area is 179 Å². The van der Waals surface area contributed by atoms with Crippen molar-refractivity contribution in [3.05, 3.63) is 46.3 Å². The molecule has 7 nitrogen and oxygen atoms in total. The molecule has 154 valence electrons. The Bertz CT molecular complexity index is 1200. The molecule has 3 aromatic heterocycles. The lowest BCUT2D eigenvalue weighted by Crippen LogP contribution is -2.35. The summed E-state index contributed by atoms with van der Waals surface area (Å²) in [4.78, 5) is 12.5. The minimum absolute atomic E-state index is 0.607. The van der Waals surface area contributed by atoms with E-state index in [0.717, 1.165) is 49.8 Å². The van der Waals surface area contributed by atoms with Crippen molar-refractivity contribution in [3.63, 3.8) is 0 Å². The Morgan fingerprint density at radius 2 is 2.07 bits per heavy atom. The lowest BCUT2D eigenvalue weighted by Gasteiger charge is -2.33. The van der Waals surface area contributed by atoms with Crippen LogP contribution in [-0.2, 0) is 19.5 Å². The first kappa shape index (κ1) is 18.2. The fourth-order valence-corrected chi connectivity index (χ4v) is 6.27. The Kier molecular flexibility index (Phi) is 4.42. The number of nitrogens with zero attached hydrogens (tertiary/aromatic N) is 7. The van der Waals surface area contributed by atoms with Gasteiger partial charge in [0.25, 0.3) is 5.78 Å². The van der Waals surface area contributed by atoms with Crippen LogP contribution in [0.15, 0.2) is 30.3 Å². The number of aromatic nitrogens is 5. The molecule has 30 heavy (non-hydrogen) atoms. The average Bonchev–Trinajstić information content (AvgIpc) is 3.38. The van der Waals surface area contributed by atoms with Crippen molar-refractivity contribution in [1.82, 2.24) is 29.9 Å². The first-order chi connectivity index (χ1) is 14.8. The molecule has 0 amide bonds. The van der Waals surface area contributed by atoms with Gasteiger partial charge < -0.3 is 4.90 Å². The van der Waals surface area contributed by atoms with Crippen LogP contribution >= 0.6 is 11.3 Å². The van der Waals surface area contributed by atoms with E-state index < -0.39 is 0 Å². The third-order valence-electron chi connectivity index (χ3n) is 6.40. The molecule has 1 unspecified atom stereocenters. The van der Waals surface area contributed by atoms with E-state index in [1.165, 1.54) is 34.2 Å². The number of hydrogen-bond acceptors (Lipinski definition) is 7. The van der Waals surface area contributed by atoms with E-state index in [1.807, 2.05) is 15.9 Å². The fraction of sp³-hybridized carbons (Fsp3) is 0.455. The minimum Gasteiger partial charge on any atom is -0.356 e. The molecular formula is C22H25N7S. The molecule has 0 aliphatic carbocycles. The maximum Gasteiger partial charge on any atom is 0.276 e. The molecule has 0 bridgehead atoms. The topological polar surface area (TPSA) is 62.5 Å². The van der Waals surface area contributed by atoms with Gasteiger partial charge >= 0.3 is 0 Å². The number of tetrazole rings is 1. The minimum atomic E-state index is 0.607. The second kappa shape index (κ2) is 7.28. The van der Waals surface area contributed by atoms with Gasteiger partial charge in [-0.3, -0.25) is 4.90 Å². The van der Waals surface area contributed by atoms with Gasteiger partial charge in [-0.25, -0.2) is 0 Å². The summed E-state index contributed by atoms with van der Waals surface area (Å²) >= 11 is 1.84. The molecule has 0 radical (unpaired) electrons. The summed E-state index contributed by atoms with van der Waals surface area (Å²) in [6.45, 7) is 7.49. The molecule has 1 saturated heterocycles. The normalized spacial score (nSPS) is 20.2. The van der Waals surface area contributed by atoms with Crippen molar-refractivity contribution >= 4 is 33.1 Å². The molecule has 8 heteroatoms. The molecule has 4 aromatic rings. The van der Waals surface area contributed by atoms with Crippen LogP contribution in [0.2, 0.25) is 0 Å². The van der Waals surface area contributed by atoms with Crippen LogP contribution in [0.5, 0.6) is 0 Å². The van der Waals surface area contributed by atoms with Gasteiger partial charge in [-0.2, -0.15) is 9.50 Å². The number of anilines is 1. The van der Waals surface area contributed by atoms with Crippen LogP contribution < -0.4 is 4.90 Å². The summed E-state index contributed by atoms with van der Waals surface area (Å²) in [6, 6.07) is 10.7. The lowest BCUT2D eigenvalue weighted by atomic mass is 9.99. The predicted molar refractivity (Wildman–Crippen MR) is 119 cm³/mol. The monoisotopic (exact) mass is 419 g/mol. The van der Waals surface area contributed by atoms with E-state index in [1.54, 1.807) is 0 Å². The maximum atomic E-state index is 4.93. The molecular weight excluding hydrogens is 394 g/mol. The van der Waals surface area contributed by atoms with E-state index in [2.05, 4.69) is 62.6 Å². The maximum absolute atomic E-state index is 4.93. The van der Waals surface area contributed by atoms with E-state index >= 15 is 0 Å². The highest BCUT2D eigenvalue weighted by Crippen LogP contribution is 2.40. The number of hydrogen-bond donors (Lipinski definition) is 0. The van der Waals surface area contributed by atoms with E-state index in [-0.39, 0.29) is 0 Å². The van der Waals surface area contributed by atoms with Crippen molar-refractivity contribution in [3.8, 4) is 0 Å². The predicted octanol–water partition coefficient (Wildman–Crippen LogP) is 3.53. The van der Waals surface area contributed by atoms with Crippen LogP contribution in [0.4, 0.5) is 5.82 Å². The number of piperidine rings is 1. The van der Waals surface area contributed by atoms with Gasteiger partial charge in [-0.1, -0.05) is 42.4 Å². The van der Waals surface area contributed by atoms with Gasteiger partial charge in [0, 0.05) is 37.6 Å². The van der Waals surface area contributed by atoms with Gasteiger partial charge in [0.1, 0.15) is 10.6 Å². The number of thiophene rings is 1. The summed E-state index contributed by atoms with van der Waals surface area (Å²) in [5, 5.41) is 13.6. The van der Waals surface area contributed by atoms with Crippen molar-refractivity contribution in [1.29, 1.82) is 0 Å². The third kappa shape index (κ3) is 3.06. The zero-order chi connectivity index (χ0) is 20.1. The van der Waals surface area contributed by atoms with Gasteiger partial charge in [-0.15, -0.1) is 11.3 Å². The van der Waals surface area contributed by atoms with Gasteiger partial charge in [0.2, 0.25) is 0 Å². The van der Waals surface area contributed by atoms with E-state index in [0.29, 0.717) is 11.7 Å². The molecule has 5 heterocycles. The molecule has 1 atom stereocenters. The van der Waals surface area contributed by atoms with Crippen LogP contribution in [-0.4, -0.2) is 49.6 Å². The lowest BCUT2D eigenvalue weighted by molar-refractivity contribution is 0.249. The number of rotatable bonds is 3. The first-order valence-corrected chi connectivity index (χ1v) is 11.6. The zero-order valence-corrected chi connectivity index (χ0v) is 18.0. The van der Waals surface area contributed by atoms with Crippen LogP contribution in [0.3, 0.4) is 0 Å². The van der Waals surface area contributed by atoms with Crippen LogP contribution in [0, 0.1) is 5.92 Å². The zero-order valence-electron chi connectivity index (χ0n) is 17.2. The molecule has 0 N–H and O–H groups in total. The highest BCUT2D eigenvalue weighted by Gasteiger charge is 2.28. The molecule has 0 spiro atoms. The molecule has 2 aliphatic heterocycles. The highest BCUT2D eigenvalue weighted by molar-refractivity contribution is 7.19. The Morgan fingerprint density at radius 1 is 1.17 bits per heavy atom. The Morgan fingerprint density at radius 3 is 2.93 bits per heavy atom.